The molecular weight excluding hydrogens is 202 g/mol. The summed E-state index contributed by atoms with van der Waals surface area (Å²) >= 11 is 0. The molecule has 1 rings (SSSR count). The number of ether oxygens (including phenoxy) is 1. The smallest absolute Gasteiger partial charge is 0.310 e. The molecule has 0 bridgehead atoms. The lowest BCUT2D eigenvalue weighted by Crippen LogP contribution is -2.37. The van der Waals surface area contributed by atoms with E-state index >= 15 is 0 Å². The molecule has 2 N–H and O–H groups in total. The van der Waals surface area contributed by atoms with Crippen molar-refractivity contribution < 1.29 is 9.53 Å². The zero-order valence-corrected chi connectivity index (χ0v) is 9.85. The molecule has 1 aromatic rings. The van der Waals surface area contributed by atoms with E-state index in [9.17, 15) is 4.79 Å². The lowest BCUT2D eigenvalue weighted by molar-refractivity contribution is -0.146. The lowest BCUT2D eigenvalue weighted by atomic mass is 9.91. The van der Waals surface area contributed by atoms with Gasteiger partial charge in [0.2, 0.25) is 0 Å². The number of rotatable bonds is 5. The number of carbonyl (C=O) groups is 1. The van der Waals surface area contributed by atoms with E-state index in [1.54, 1.807) is 0 Å². The minimum atomic E-state index is -0.252. The predicted octanol–water partition coefficient (Wildman–Crippen LogP) is 1.76. The third kappa shape index (κ3) is 3.35. The minimum Gasteiger partial charge on any atom is -0.469 e. The summed E-state index contributed by atoms with van der Waals surface area (Å²) in [5.74, 6) is -0.476. The van der Waals surface area contributed by atoms with E-state index in [-0.39, 0.29) is 17.9 Å². The Morgan fingerprint density at radius 3 is 2.50 bits per heavy atom. The third-order valence-electron chi connectivity index (χ3n) is 2.79. The molecule has 0 radical (unpaired) electrons. The number of carbonyl (C=O) groups excluding carboxylic acids is 1. The van der Waals surface area contributed by atoms with Crippen molar-refractivity contribution in [2.45, 2.75) is 25.8 Å². The van der Waals surface area contributed by atoms with Crippen molar-refractivity contribution in [1.29, 1.82) is 0 Å². The summed E-state index contributed by atoms with van der Waals surface area (Å²) in [6.45, 7) is 1.98. The fraction of sp³-hybridized carbons (Fsp3) is 0.462. The van der Waals surface area contributed by atoms with Crippen LogP contribution < -0.4 is 5.73 Å². The summed E-state index contributed by atoms with van der Waals surface area (Å²) < 4.78 is 4.79. The van der Waals surface area contributed by atoms with Crippen LogP contribution in [0.4, 0.5) is 0 Å². The van der Waals surface area contributed by atoms with E-state index in [0.717, 1.165) is 12.0 Å². The number of methoxy groups -OCH3 is 1. The van der Waals surface area contributed by atoms with Crippen molar-refractivity contribution in [1.82, 2.24) is 0 Å². The lowest BCUT2D eigenvalue weighted by Gasteiger charge is -2.20. The van der Waals surface area contributed by atoms with Crippen molar-refractivity contribution in [2.75, 3.05) is 7.11 Å². The van der Waals surface area contributed by atoms with Gasteiger partial charge in [0.25, 0.3) is 0 Å². The van der Waals surface area contributed by atoms with Gasteiger partial charge in [-0.25, -0.2) is 0 Å². The molecule has 0 amide bonds. The van der Waals surface area contributed by atoms with E-state index in [4.69, 9.17) is 10.5 Å². The maximum absolute atomic E-state index is 11.6. The van der Waals surface area contributed by atoms with Crippen LogP contribution in [0.2, 0.25) is 0 Å². The van der Waals surface area contributed by atoms with Crippen LogP contribution in [-0.4, -0.2) is 19.1 Å². The van der Waals surface area contributed by atoms with E-state index in [0.29, 0.717) is 6.42 Å². The van der Waals surface area contributed by atoms with Gasteiger partial charge in [-0.3, -0.25) is 4.79 Å². The molecule has 0 unspecified atom stereocenters. The molecule has 0 spiro atoms. The second-order valence-electron chi connectivity index (χ2n) is 3.89. The van der Waals surface area contributed by atoms with Crippen molar-refractivity contribution >= 4 is 5.97 Å². The van der Waals surface area contributed by atoms with Crippen LogP contribution in [0.5, 0.6) is 0 Å². The zero-order chi connectivity index (χ0) is 12.0. The molecule has 2 atom stereocenters. The molecule has 0 saturated heterocycles. The van der Waals surface area contributed by atoms with Crippen molar-refractivity contribution in [3.8, 4) is 0 Å². The second-order valence-corrected chi connectivity index (χ2v) is 3.89. The van der Waals surface area contributed by atoms with Crippen LogP contribution in [-0.2, 0) is 16.0 Å². The van der Waals surface area contributed by atoms with Gasteiger partial charge >= 0.3 is 5.97 Å². The third-order valence-corrected chi connectivity index (χ3v) is 2.79. The zero-order valence-electron chi connectivity index (χ0n) is 9.85. The molecule has 88 valence electrons. The maximum atomic E-state index is 11.6. The monoisotopic (exact) mass is 221 g/mol. The highest BCUT2D eigenvalue weighted by molar-refractivity contribution is 5.73. The Balaban J connectivity index is 2.75. The molecule has 0 aromatic heterocycles. The number of hydrogen-bond donors (Lipinski definition) is 1. The largest absolute Gasteiger partial charge is 0.469 e. The maximum Gasteiger partial charge on any atom is 0.310 e. The average Bonchev–Trinajstić information content (AvgIpc) is 2.35. The Kier molecular flexibility index (Phi) is 4.99. The Morgan fingerprint density at radius 1 is 1.38 bits per heavy atom. The SMILES string of the molecule is CC[C@H](N)[C@H](Cc1ccccc1)C(=O)OC. The summed E-state index contributed by atoms with van der Waals surface area (Å²) in [5.41, 5.74) is 7.05. The highest BCUT2D eigenvalue weighted by atomic mass is 16.5. The van der Waals surface area contributed by atoms with Crippen molar-refractivity contribution in [3.63, 3.8) is 0 Å². The second kappa shape index (κ2) is 6.28. The molecule has 16 heavy (non-hydrogen) atoms. The number of benzene rings is 1. The summed E-state index contributed by atoms with van der Waals surface area (Å²) in [6, 6.07) is 9.72. The fourth-order valence-corrected chi connectivity index (χ4v) is 1.71. The van der Waals surface area contributed by atoms with Crippen molar-refractivity contribution in [3.05, 3.63) is 35.9 Å². The molecule has 3 heteroatoms. The highest BCUT2D eigenvalue weighted by Crippen LogP contribution is 2.15. The highest BCUT2D eigenvalue weighted by Gasteiger charge is 2.25. The van der Waals surface area contributed by atoms with E-state index in [2.05, 4.69) is 0 Å². The van der Waals surface area contributed by atoms with Gasteiger partial charge in [-0.15, -0.1) is 0 Å². The van der Waals surface area contributed by atoms with E-state index < -0.39 is 0 Å². The Morgan fingerprint density at radius 2 is 2.00 bits per heavy atom. The fourth-order valence-electron chi connectivity index (χ4n) is 1.71. The topological polar surface area (TPSA) is 52.3 Å². The molecule has 0 aliphatic heterocycles. The first kappa shape index (κ1) is 12.7. The average molecular weight is 221 g/mol. The van der Waals surface area contributed by atoms with Gasteiger partial charge in [0, 0.05) is 6.04 Å². The normalized spacial score (nSPS) is 14.2. The quantitative estimate of drug-likeness (QED) is 0.771. The van der Waals surface area contributed by atoms with Crippen LogP contribution >= 0.6 is 0 Å². The number of nitrogens with two attached hydrogens (primary N) is 1. The minimum absolute atomic E-state index is 0.146. The molecule has 1 aromatic carbocycles. The van der Waals surface area contributed by atoms with Gasteiger partial charge in [-0.05, 0) is 18.4 Å². The van der Waals surface area contributed by atoms with Crippen molar-refractivity contribution in [2.24, 2.45) is 11.7 Å². The van der Waals surface area contributed by atoms with Crippen LogP contribution in [0, 0.1) is 5.92 Å². The molecule has 0 aliphatic rings. The molecular formula is C13H19NO2. The van der Waals surface area contributed by atoms with Gasteiger partial charge in [0.05, 0.1) is 13.0 Å². The van der Waals surface area contributed by atoms with E-state index in [1.807, 2.05) is 37.3 Å². The van der Waals surface area contributed by atoms with Gasteiger partial charge in [-0.1, -0.05) is 37.3 Å². The first-order valence-corrected chi connectivity index (χ1v) is 5.56. The molecule has 0 heterocycles. The Bertz CT molecular complexity index is 324. The Labute approximate surface area is 96.6 Å². The van der Waals surface area contributed by atoms with Gasteiger partial charge < -0.3 is 10.5 Å². The first-order valence-electron chi connectivity index (χ1n) is 5.56. The molecule has 3 nitrogen and oxygen atoms in total. The van der Waals surface area contributed by atoms with Crippen LogP contribution in [0.15, 0.2) is 30.3 Å². The van der Waals surface area contributed by atoms with Crippen LogP contribution in [0.1, 0.15) is 18.9 Å². The van der Waals surface area contributed by atoms with Gasteiger partial charge in [0.1, 0.15) is 0 Å². The Hall–Kier alpha value is -1.35. The van der Waals surface area contributed by atoms with E-state index in [1.165, 1.54) is 7.11 Å². The first-order chi connectivity index (χ1) is 7.69. The summed E-state index contributed by atoms with van der Waals surface area (Å²) in [5, 5.41) is 0. The predicted molar refractivity (Wildman–Crippen MR) is 63.9 cm³/mol. The number of esters is 1. The van der Waals surface area contributed by atoms with Crippen LogP contribution in [0.3, 0.4) is 0 Å². The van der Waals surface area contributed by atoms with Crippen LogP contribution in [0.25, 0.3) is 0 Å². The molecule has 0 saturated carbocycles. The van der Waals surface area contributed by atoms with Gasteiger partial charge in [-0.2, -0.15) is 0 Å². The van der Waals surface area contributed by atoms with Gasteiger partial charge in [0.15, 0.2) is 0 Å². The standard InChI is InChI=1S/C13H19NO2/c1-3-12(14)11(13(15)16-2)9-10-7-5-4-6-8-10/h4-8,11-12H,3,9,14H2,1-2H3/t11-,12-/m0/s1. The number of hydrogen-bond acceptors (Lipinski definition) is 3. The molecule has 0 fully saturated rings. The summed E-state index contributed by atoms with van der Waals surface area (Å²) in [7, 11) is 1.41. The summed E-state index contributed by atoms with van der Waals surface area (Å²) in [6.07, 6.45) is 1.41. The summed E-state index contributed by atoms with van der Waals surface area (Å²) in [4.78, 5) is 11.6. The molecule has 0 aliphatic carbocycles.